The minimum atomic E-state index is 0.245. The smallest absolute Gasteiger partial charge is 0.222 e. The summed E-state index contributed by atoms with van der Waals surface area (Å²) in [4.78, 5) is 21.4. The van der Waals surface area contributed by atoms with Crippen LogP contribution in [-0.4, -0.2) is 59.6 Å². The van der Waals surface area contributed by atoms with Crippen LogP contribution >= 0.6 is 0 Å². The zero-order valence-corrected chi connectivity index (χ0v) is 17.2. The van der Waals surface area contributed by atoms with E-state index in [0.717, 1.165) is 45.3 Å². The Morgan fingerprint density at radius 2 is 1.83 bits per heavy atom. The van der Waals surface area contributed by atoms with E-state index in [2.05, 4.69) is 51.2 Å². The Bertz CT molecular complexity index is 775. The fourth-order valence-corrected chi connectivity index (χ4v) is 4.74. The molecule has 2 aliphatic rings. The zero-order valence-electron chi connectivity index (χ0n) is 17.2. The van der Waals surface area contributed by atoms with Gasteiger partial charge in [-0.05, 0) is 48.9 Å². The molecule has 154 valence electrons. The summed E-state index contributed by atoms with van der Waals surface area (Å²) >= 11 is 0. The van der Waals surface area contributed by atoms with Crippen LogP contribution in [0.4, 0.5) is 0 Å². The number of carbonyl (C=O) groups excluding carboxylic acids is 1. The molecule has 0 aliphatic carbocycles. The summed E-state index contributed by atoms with van der Waals surface area (Å²) < 4.78 is 5.69. The maximum Gasteiger partial charge on any atom is 0.222 e. The monoisotopic (exact) mass is 393 g/mol. The Morgan fingerprint density at radius 1 is 1.10 bits per heavy atom. The largest absolute Gasteiger partial charge is 0.378 e. The van der Waals surface area contributed by atoms with Gasteiger partial charge in [0.15, 0.2) is 0 Å². The molecule has 2 aliphatic heterocycles. The SMILES string of the molecule is COC1CN(C2CCN(C(=O)CCCc3ccccc3)CC2)C1c1ccncc1. The molecule has 2 fully saturated rings. The Hall–Kier alpha value is -2.24. The van der Waals surface area contributed by atoms with E-state index in [1.54, 1.807) is 7.11 Å². The van der Waals surface area contributed by atoms with E-state index in [1.807, 2.05) is 18.5 Å². The highest BCUT2D eigenvalue weighted by Gasteiger charge is 2.44. The third kappa shape index (κ3) is 4.68. The van der Waals surface area contributed by atoms with Crippen LogP contribution in [0, 0.1) is 0 Å². The lowest BCUT2D eigenvalue weighted by Gasteiger charge is -2.53. The molecule has 2 aromatic rings. The molecule has 1 amide bonds. The van der Waals surface area contributed by atoms with Gasteiger partial charge in [-0.1, -0.05) is 30.3 Å². The van der Waals surface area contributed by atoms with Crippen molar-refractivity contribution >= 4 is 5.91 Å². The first-order valence-corrected chi connectivity index (χ1v) is 10.8. The van der Waals surface area contributed by atoms with E-state index in [4.69, 9.17) is 4.74 Å². The third-order valence-corrected chi connectivity index (χ3v) is 6.44. The van der Waals surface area contributed by atoms with E-state index in [0.29, 0.717) is 24.4 Å². The summed E-state index contributed by atoms with van der Waals surface area (Å²) in [5.74, 6) is 0.309. The minimum Gasteiger partial charge on any atom is -0.378 e. The second-order valence-corrected chi connectivity index (χ2v) is 8.15. The quantitative estimate of drug-likeness (QED) is 0.723. The molecular weight excluding hydrogens is 362 g/mol. The Labute approximate surface area is 173 Å². The lowest BCUT2D eigenvalue weighted by atomic mass is 9.87. The predicted molar refractivity (Wildman–Crippen MR) is 113 cm³/mol. The van der Waals surface area contributed by atoms with Gasteiger partial charge >= 0.3 is 0 Å². The van der Waals surface area contributed by atoms with Crippen molar-refractivity contribution in [2.24, 2.45) is 0 Å². The summed E-state index contributed by atoms with van der Waals surface area (Å²) in [6, 6.07) is 15.4. The number of ether oxygens (including phenoxy) is 1. The Kier molecular flexibility index (Phi) is 6.57. The standard InChI is InChI=1S/C24H31N3O2/c1-29-22-18-27(24(22)20-10-14-25-15-11-20)21-12-16-26(17-13-21)23(28)9-5-8-19-6-3-2-4-7-19/h2-4,6-7,10-11,14-15,21-22,24H,5,8-9,12-13,16-18H2,1H3. The number of hydrogen-bond donors (Lipinski definition) is 0. The number of rotatable bonds is 7. The van der Waals surface area contributed by atoms with Gasteiger partial charge in [-0.3, -0.25) is 14.7 Å². The van der Waals surface area contributed by atoms with Crippen LogP contribution in [-0.2, 0) is 16.0 Å². The molecule has 2 unspecified atom stereocenters. The number of methoxy groups -OCH3 is 1. The topological polar surface area (TPSA) is 45.7 Å². The van der Waals surface area contributed by atoms with Crippen molar-refractivity contribution in [2.75, 3.05) is 26.7 Å². The molecule has 1 aromatic heterocycles. The highest BCUT2D eigenvalue weighted by atomic mass is 16.5. The van der Waals surface area contributed by atoms with Gasteiger partial charge in [0.1, 0.15) is 0 Å². The summed E-state index contributed by atoms with van der Waals surface area (Å²) in [5.41, 5.74) is 2.59. The molecular formula is C24H31N3O2. The number of hydrogen-bond acceptors (Lipinski definition) is 4. The molecule has 0 spiro atoms. The first-order valence-electron chi connectivity index (χ1n) is 10.8. The number of carbonyl (C=O) groups is 1. The van der Waals surface area contributed by atoms with E-state index >= 15 is 0 Å². The highest BCUT2D eigenvalue weighted by Crippen LogP contribution is 2.39. The van der Waals surface area contributed by atoms with Crippen molar-refractivity contribution in [2.45, 2.75) is 50.3 Å². The molecule has 0 bridgehead atoms. The molecule has 1 aromatic carbocycles. The average Bonchev–Trinajstić information content (AvgIpc) is 2.75. The molecule has 5 nitrogen and oxygen atoms in total. The second kappa shape index (κ2) is 9.51. The Balaban J connectivity index is 1.25. The molecule has 2 atom stereocenters. The average molecular weight is 394 g/mol. The lowest BCUT2D eigenvalue weighted by Crippen LogP contribution is -2.60. The predicted octanol–water partition coefficient (Wildman–Crippen LogP) is 3.47. The first-order chi connectivity index (χ1) is 14.3. The van der Waals surface area contributed by atoms with Gasteiger partial charge in [-0.2, -0.15) is 0 Å². The van der Waals surface area contributed by atoms with Crippen molar-refractivity contribution in [1.82, 2.24) is 14.8 Å². The number of piperidine rings is 1. The Morgan fingerprint density at radius 3 is 2.52 bits per heavy atom. The number of pyridine rings is 1. The summed E-state index contributed by atoms with van der Waals surface area (Å²) in [5, 5.41) is 0. The van der Waals surface area contributed by atoms with Gasteiger partial charge in [0.2, 0.25) is 5.91 Å². The van der Waals surface area contributed by atoms with Crippen molar-refractivity contribution in [3.63, 3.8) is 0 Å². The summed E-state index contributed by atoms with van der Waals surface area (Å²) in [6.07, 6.45) is 8.59. The van der Waals surface area contributed by atoms with Gasteiger partial charge in [0.05, 0.1) is 12.1 Å². The molecule has 5 heteroatoms. The maximum absolute atomic E-state index is 12.6. The van der Waals surface area contributed by atoms with E-state index in [-0.39, 0.29) is 6.10 Å². The van der Waals surface area contributed by atoms with Crippen LogP contribution in [0.25, 0.3) is 0 Å². The number of likely N-dealkylation sites (tertiary alicyclic amines) is 2. The molecule has 0 saturated carbocycles. The van der Waals surface area contributed by atoms with Crippen LogP contribution < -0.4 is 0 Å². The van der Waals surface area contributed by atoms with Gasteiger partial charge in [0, 0.05) is 51.6 Å². The zero-order chi connectivity index (χ0) is 20.1. The second-order valence-electron chi connectivity index (χ2n) is 8.15. The molecule has 29 heavy (non-hydrogen) atoms. The van der Waals surface area contributed by atoms with E-state index in [9.17, 15) is 4.79 Å². The summed E-state index contributed by atoms with van der Waals surface area (Å²) in [7, 11) is 1.80. The third-order valence-electron chi connectivity index (χ3n) is 6.44. The van der Waals surface area contributed by atoms with Gasteiger partial charge < -0.3 is 9.64 Å². The van der Waals surface area contributed by atoms with Crippen LogP contribution in [0.5, 0.6) is 0 Å². The molecule has 0 N–H and O–H groups in total. The maximum atomic E-state index is 12.6. The van der Waals surface area contributed by atoms with Crippen molar-refractivity contribution < 1.29 is 9.53 Å². The van der Waals surface area contributed by atoms with Crippen molar-refractivity contribution in [1.29, 1.82) is 0 Å². The fraction of sp³-hybridized carbons (Fsp3) is 0.500. The first kappa shape index (κ1) is 20.0. The number of aryl methyl sites for hydroxylation is 1. The molecule has 0 radical (unpaired) electrons. The van der Waals surface area contributed by atoms with Crippen LogP contribution in [0.15, 0.2) is 54.9 Å². The highest BCUT2D eigenvalue weighted by molar-refractivity contribution is 5.76. The van der Waals surface area contributed by atoms with Crippen LogP contribution in [0.1, 0.15) is 42.9 Å². The molecule has 3 heterocycles. The number of amides is 1. The number of benzene rings is 1. The number of aromatic nitrogens is 1. The summed E-state index contributed by atoms with van der Waals surface area (Å²) in [6.45, 7) is 2.71. The lowest BCUT2D eigenvalue weighted by molar-refractivity contribution is -0.137. The van der Waals surface area contributed by atoms with Crippen molar-refractivity contribution in [3.05, 3.63) is 66.0 Å². The van der Waals surface area contributed by atoms with Crippen LogP contribution in [0.2, 0.25) is 0 Å². The fourth-order valence-electron chi connectivity index (χ4n) is 4.74. The van der Waals surface area contributed by atoms with Crippen molar-refractivity contribution in [3.8, 4) is 0 Å². The van der Waals surface area contributed by atoms with Gasteiger partial charge in [-0.25, -0.2) is 0 Å². The normalized spacial score (nSPS) is 23.0. The molecule has 4 rings (SSSR count). The number of nitrogens with zero attached hydrogens (tertiary/aromatic N) is 3. The van der Waals surface area contributed by atoms with Gasteiger partial charge in [0.25, 0.3) is 0 Å². The van der Waals surface area contributed by atoms with Crippen LogP contribution in [0.3, 0.4) is 0 Å². The van der Waals surface area contributed by atoms with Gasteiger partial charge in [-0.15, -0.1) is 0 Å². The minimum absolute atomic E-state index is 0.245. The van der Waals surface area contributed by atoms with E-state index in [1.165, 1.54) is 11.1 Å². The van der Waals surface area contributed by atoms with E-state index < -0.39 is 0 Å². The molecule has 2 saturated heterocycles.